The Morgan fingerprint density at radius 3 is 2.87 bits per heavy atom. The molecule has 1 saturated carbocycles. The number of nitrogens with one attached hydrogen (secondary N) is 1. The Kier molecular flexibility index (Phi) is 5.09. The van der Waals surface area contributed by atoms with Crippen LogP contribution in [0.5, 0.6) is 0 Å². The SMILES string of the molecule is CCC(C)CC(=O)NC1CCCC1CO. The Hall–Kier alpha value is -0.570. The third-order valence-electron chi connectivity index (χ3n) is 3.47. The van der Waals surface area contributed by atoms with Gasteiger partial charge in [-0.15, -0.1) is 0 Å². The minimum atomic E-state index is 0.148. The van der Waals surface area contributed by atoms with Crippen LogP contribution in [-0.4, -0.2) is 23.7 Å². The number of hydrogen-bond acceptors (Lipinski definition) is 2. The van der Waals surface area contributed by atoms with Gasteiger partial charge in [0.2, 0.25) is 5.91 Å². The molecule has 0 heterocycles. The molecule has 1 rings (SSSR count). The van der Waals surface area contributed by atoms with Crippen molar-refractivity contribution >= 4 is 5.91 Å². The van der Waals surface area contributed by atoms with Crippen LogP contribution >= 0.6 is 0 Å². The van der Waals surface area contributed by atoms with Crippen LogP contribution in [0.25, 0.3) is 0 Å². The van der Waals surface area contributed by atoms with Gasteiger partial charge in [-0.1, -0.05) is 26.7 Å². The van der Waals surface area contributed by atoms with Crippen LogP contribution in [0.1, 0.15) is 46.0 Å². The molecule has 0 aromatic heterocycles. The molecule has 0 aromatic carbocycles. The molecule has 0 saturated heterocycles. The Morgan fingerprint density at radius 2 is 2.27 bits per heavy atom. The van der Waals surface area contributed by atoms with Gasteiger partial charge in [0.25, 0.3) is 0 Å². The summed E-state index contributed by atoms with van der Waals surface area (Å²) >= 11 is 0. The van der Waals surface area contributed by atoms with Gasteiger partial charge in [0.05, 0.1) is 0 Å². The second-order valence-corrected chi connectivity index (χ2v) is 4.77. The van der Waals surface area contributed by atoms with E-state index >= 15 is 0 Å². The zero-order valence-corrected chi connectivity index (χ0v) is 9.83. The summed E-state index contributed by atoms with van der Waals surface area (Å²) in [5.41, 5.74) is 0. The van der Waals surface area contributed by atoms with Gasteiger partial charge in [0, 0.05) is 25.0 Å². The Morgan fingerprint density at radius 1 is 1.53 bits per heavy atom. The molecule has 1 aliphatic rings. The lowest BCUT2D eigenvalue weighted by atomic mass is 10.0. The number of hydrogen-bond donors (Lipinski definition) is 2. The molecular formula is C12H23NO2. The Labute approximate surface area is 92.3 Å². The summed E-state index contributed by atoms with van der Waals surface area (Å²) in [6, 6.07) is 0.214. The second-order valence-electron chi connectivity index (χ2n) is 4.77. The average Bonchev–Trinajstić information content (AvgIpc) is 2.64. The summed E-state index contributed by atoms with van der Waals surface area (Å²) in [4.78, 5) is 11.6. The standard InChI is InChI=1S/C12H23NO2/c1-3-9(2)7-12(15)13-11-6-4-5-10(11)8-14/h9-11,14H,3-8H2,1-2H3,(H,13,15). The second kappa shape index (κ2) is 6.11. The first kappa shape index (κ1) is 12.5. The molecule has 0 radical (unpaired) electrons. The van der Waals surface area contributed by atoms with Crippen molar-refractivity contribution in [3.05, 3.63) is 0 Å². The number of aliphatic hydroxyl groups excluding tert-OH is 1. The van der Waals surface area contributed by atoms with Gasteiger partial charge < -0.3 is 10.4 Å². The fourth-order valence-corrected chi connectivity index (χ4v) is 2.17. The van der Waals surface area contributed by atoms with Crippen molar-refractivity contribution in [1.29, 1.82) is 0 Å². The predicted molar refractivity (Wildman–Crippen MR) is 60.4 cm³/mol. The summed E-state index contributed by atoms with van der Waals surface area (Å²) in [6.45, 7) is 4.40. The number of carbonyl (C=O) groups is 1. The van der Waals surface area contributed by atoms with Gasteiger partial charge in [-0.25, -0.2) is 0 Å². The van der Waals surface area contributed by atoms with Gasteiger partial charge in [0.1, 0.15) is 0 Å². The summed E-state index contributed by atoms with van der Waals surface area (Å²) < 4.78 is 0. The van der Waals surface area contributed by atoms with Crippen molar-refractivity contribution in [3.8, 4) is 0 Å². The van der Waals surface area contributed by atoms with Crippen molar-refractivity contribution in [1.82, 2.24) is 5.32 Å². The van der Waals surface area contributed by atoms with E-state index in [4.69, 9.17) is 5.11 Å². The normalized spacial score (nSPS) is 27.7. The fraction of sp³-hybridized carbons (Fsp3) is 0.917. The van der Waals surface area contributed by atoms with E-state index in [2.05, 4.69) is 19.2 Å². The third-order valence-corrected chi connectivity index (χ3v) is 3.47. The molecule has 2 N–H and O–H groups in total. The van der Waals surface area contributed by atoms with Gasteiger partial charge in [-0.3, -0.25) is 4.79 Å². The van der Waals surface area contributed by atoms with Crippen LogP contribution in [0.3, 0.4) is 0 Å². The molecule has 3 heteroatoms. The average molecular weight is 213 g/mol. The zero-order valence-electron chi connectivity index (χ0n) is 9.83. The van der Waals surface area contributed by atoms with Crippen molar-refractivity contribution < 1.29 is 9.90 Å². The van der Waals surface area contributed by atoms with Crippen molar-refractivity contribution in [3.63, 3.8) is 0 Å². The molecule has 0 bridgehead atoms. The van der Waals surface area contributed by atoms with Gasteiger partial charge >= 0.3 is 0 Å². The largest absolute Gasteiger partial charge is 0.396 e. The molecule has 1 amide bonds. The molecule has 1 fully saturated rings. The molecule has 3 unspecified atom stereocenters. The molecule has 3 atom stereocenters. The molecule has 3 nitrogen and oxygen atoms in total. The highest BCUT2D eigenvalue weighted by Crippen LogP contribution is 2.25. The molecule has 1 aliphatic carbocycles. The molecule has 0 aliphatic heterocycles. The van der Waals surface area contributed by atoms with E-state index in [9.17, 15) is 4.79 Å². The minimum absolute atomic E-state index is 0.148. The quantitative estimate of drug-likeness (QED) is 0.730. The Balaban J connectivity index is 2.30. The van der Waals surface area contributed by atoms with Crippen LogP contribution in [0.4, 0.5) is 0 Å². The van der Waals surface area contributed by atoms with E-state index in [0.29, 0.717) is 12.3 Å². The van der Waals surface area contributed by atoms with E-state index in [-0.39, 0.29) is 24.5 Å². The highest BCUT2D eigenvalue weighted by molar-refractivity contribution is 5.76. The van der Waals surface area contributed by atoms with Gasteiger partial charge in [0.15, 0.2) is 0 Å². The highest BCUT2D eigenvalue weighted by atomic mass is 16.3. The monoisotopic (exact) mass is 213 g/mol. The lowest BCUT2D eigenvalue weighted by molar-refractivity contribution is -0.122. The molecule has 88 valence electrons. The number of carbonyl (C=O) groups excluding carboxylic acids is 1. The highest BCUT2D eigenvalue weighted by Gasteiger charge is 2.27. The van der Waals surface area contributed by atoms with Crippen LogP contribution in [0, 0.1) is 11.8 Å². The molecule has 0 aromatic rings. The van der Waals surface area contributed by atoms with Crippen LogP contribution < -0.4 is 5.32 Å². The zero-order chi connectivity index (χ0) is 11.3. The number of aliphatic hydroxyl groups is 1. The maximum absolute atomic E-state index is 11.6. The first-order chi connectivity index (χ1) is 7.17. The summed E-state index contributed by atoms with van der Waals surface area (Å²) in [5.74, 6) is 0.888. The molecule has 15 heavy (non-hydrogen) atoms. The van der Waals surface area contributed by atoms with E-state index in [1.807, 2.05) is 0 Å². The predicted octanol–water partition coefficient (Wildman–Crippen LogP) is 1.70. The summed E-state index contributed by atoms with van der Waals surface area (Å²) in [7, 11) is 0. The number of amides is 1. The van der Waals surface area contributed by atoms with E-state index < -0.39 is 0 Å². The fourth-order valence-electron chi connectivity index (χ4n) is 2.17. The molecule has 0 spiro atoms. The number of rotatable bonds is 5. The minimum Gasteiger partial charge on any atom is -0.396 e. The first-order valence-corrected chi connectivity index (χ1v) is 6.07. The van der Waals surface area contributed by atoms with Gasteiger partial charge in [-0.2, -0.15) is 0 Å². The first-order valence-electron chi connectivity index (χ1n) is 6.07. The smallest absolute Gasteiger partial charge is 0.220 e. The maximum Gasteiger partial charge on any atom is 0.220 e. The van der Waals surface area contributed by atoms with E-state index in [1.54, 1.807) is 0 Å². The topological polar surface area (TPSA) is 49.3 Å². The third kappa shape index (κ3) is 3.82. The summed E-state index contributed by atoms with van der Waals surface area (Å²) in [5, 5.41) is 12.2. The van der Waals surface area contributed by atoms with Crippen LogP contribution in [0.2, 0.25) is 0 Å². The van der Waals surface area contributed by atoms with Crippen molar-refractivity contribution in [2.45, 2.75) is 52.0 Å². The van der Waals surface area contributed by atoms with Crippen molar-refractivity contribution in [2.24, 2.45) is 11.8 Å². The maximum atomic E-state index is 11.6. The van der Waals surface area contributed by atoms with Gasteiger partial charge in [-0.05, 0) is 18.8 Å². The van der Waals surface area contributed by atoms with E-state index in [1.165, 1.54) is 0 Å². The van der Waals surface area contributed by atoms with Crippen molar-refractivity contribution in [2.75, 3.05) is 6.61 Å². The van der Waals surface area contributed by atoms with E-state index in [0.717, 1.165) is 25.7 Å². The lowest BCUT2D eigenvalue weighted by Crippen LogP contribution is -2.39. The van der Waals surface area contributed by atoms with Crippen LogP contribution in [0.15, 0.2) is 0 Å². The summed E-state index contributed by atoms with van der Waals surface area (Å²) in [6.07, 6.45) is 4.86. The van der Waals surface area contributed by atoms with Crippen LogP contribution in [-0.2, 0) is 4.79 Å². The lowest BCUT2D eigenvalue weighted by Gasteiger charge is -2.19. The Bertz CT molecular complexity index is 206. The molecular weight excluding hydrogens is 190 g/mol.